The summed E-state index contributed by atoms with van der Waals surface area (Å²) in [5, 5.41) is 119. The first-order valence-corrected chi connectivity index (χ1v) is 30.4. The van der Waals surface area contributed by atoms with Crippen LogP contribution in [0, 0.1) is 0 Å². The Labute approximate surface area is 461 Å². The molecule has 0 spiro atoms. The predicted molar refractivity (Wildman–Crippen MR) is 291 cm³/mol. The van der Waals surface area contributed by atoms with Gasteiger partial charge in [0.2, 0.25) is 5.91 Å². The van der Waals surface area contributed by atoms with E-state index in [-0.39, 0.29) is 18.9 Å². The zero-order valence-corrected chi connectivity index (χ0v) is 47.2. The van der Waals surface area contributed by atoms with Gasteiger partial charge in [-0.2, -0.15) is 0 Å². The summed E-state index contributed by atoms with van der Waals surface area (Å²) in [6.07, 6.45) is 15.8. The van der Waals surface area contributed by atoms with Crippen LogP contribution in [0.5, 0.6) is 0 Å². The molecule has 0 aromatic rings. The molecule has 0 aliphatic carbocycles. The fourth-order valence-electron chi connectivity index (χ4n) is 10.5. The Bertz CT molecular complexity index is 1460. The molecule has 17 unspecified atom stereocenters. The Hall–Kier alpha value is -1.47. The largest absolute Gasteiger partial charge is 0.394 e. The molecule has 3 heterocycles. The molecular formula is C58H109NO18. The second-order valence-corrected chi connectivity index (χ2v) is 22.2. The summed E-state index contributed by atoms with van der Waals surface area (Å²) >= 11 is 0. The molecule has 0 radical (unpaired) electrons. The van der Waals surface area contributed by atoms with E-state index in [1.165, 1.54) is 148 Å². The minimum Gasteiger partial charge on any atom is -0.394 e. The summed E-state index contributed by atoms with van der Waals surface area (Å²) in [5.74, 6) is -0.279. The Morgan fingerprint density at radius 3 is 1.22 bits per heavy atom. The van der Waals surface area contributed by atoms with Crippen molar-refractivity contribution in [1.82, 2.24) is 5.32 Å². The molecule has 0 saturated carbocycles. The van der Waals surface area contributed by atoms with E-state index >= 15 is 0 Å². The van der Waals surface area contributed by atoms with Crippen LogP contribution in [0.15, 0.2) is 12.2 Å². The first kappa shape index (κ1) is 69.8. The fraction of sp³-hybridized carbons (Fsp3) is 0.948. The molecule has 0 aromatic carbocycles. The molecule has 0 bridgehead atoms. The van der Waals surface area contributed by atoms with Gasteiger partial charge in [0.25, 0.3) is 0 Å². The molecule has 3 fully saturated rings. The van der Waals surface area contributed by atoms with Gasteiger partial charge in [-0.15, -0.1) is 0 Å². The van der Waals surface area contributed by atoms with Crippen molar-refractivity contribution in [2.45, 2.75) is 324 Å². The molecule has 12 N–H and O–H groups in total. The van der Waals surface area contributed by atoms with E-state index in [9.17, 15) is 61.0 Å². The number of amides is 1. The van der Waals surface area contributed by atoms with Crippen molar-refractivity contribution in [1.29, 1.82) is 0 Å². The molecule has 1 amide bonds. The van der Waals surface area contributed by atoms with Gasteiger partial charge in [0.05, 0.1) is 38.6 Å². The third-order valence-corrected chi connectivity index (χ3v) is 15.6. The highest BCUT2D eigenvalue weighted by Gasteiger charge is 2.53. The van der Waals surface area contributed by atoms with Crippen LogP contribution in [0.3, 0.4) is 0 Å². The number of unbranched alkanes of at least 4 members (excludes halogenated alkanes) is 29. The number of aliphatic hydroxyl groups is 11. The number of rotatable bonds is 45. The molecule has 19 nitrogen and oxygen atoms in total. The number of nitrogens with one attached hydrogen (secondary N) is 1. The number of ether oxygens (including phenoxy) is 6. The van der Waals surface area contributed by atoms with E-state index in [2.05, 4.69) is 19.2 Å². The minimum atomic E-state index is -1.97. The van der Waals surface area contributed by atoms with Crippen LogP contribution in [0.1, 0.15) is 219 Å². The highest BCUT2D eigenvalue weighted by Crippen LogP contribution is 2.33. The van der Waals surface area contributed by atoms with E-state index in [1.54, 1.807) is 6.08 Å². The van der Waals surface area contributed by atoms with Crippen molar-refractivity contribution >= 4 is 5.91 Å². The number of aliphatic hydroxyl groups excluding tert-OH is 11. The first-order valence-electron chi connectivity index (χ1n) is 30.4. The zero-order valence-electron chi connectivity index (χ0n) is 47.2. The Kier molecular flexibility index (Phi) is 38.4. The van der Waals surface area contributed by atoms with Crippen LogP contribution >= 0.6 is 0 Å². The maximum atomic E-state index is 13.2. The highest BCUT2D eigenvalue weighted by molar-refractivity contribution is 5.76. The lowest BCUT2D eigenvalue weighted by atomic mass is 9.96. The van der Waals surface area contributed by atoms with E-state index in [1.807, 2.05) is 6.08 Å². The Morgan fingerprint density at radius 2 is 0.805 bits per heavy atom. The van der Waals surface area contributed by atoms with Crippen LogP contribution < -0.4 is 5.32 Å². The van der Waals surface area contributed by atoms with Gasteiger partial charge in [0, 0.05) is 6.42 Å². The van der Waals surface area contributed by atoms with Crippen molar-refractivity contribution in [2.24, 2.45) is 0 Å². The van der Waals surface area contributed by atoms with E-state index in [4.69, 9.17) is 28.4 Å². The quantitative estimate of drug-likeness (QED) is 0.0269. The van der Waals surface area contributed by atoms with Crippen LogP contribution in [0.25, 0.3) is 0 Å². The zero-order chi connectivity index (χ0) is 56.2. The lowest BCUT2D eigenvalue weighted by Gasteiger charge is -2.48. The molecule has 0 aromatic heterocycles. The van der Waals surface area contributed by atoms with Gasteiger partial charge in [-0.3, -0.25) is 4.79 Å². The van der Waals surface area contributed by atoms with Gasteiger partial charge in [-0.1, -0.05) is 206 Å². The highest BCUT2D eigenvalue weighted by atomic mass is 16.8. The average molecular weight is 1110 g/mol. The molecule has 454 valence electrons. The second-order valence-electron chi connectivity index (χ2n) is 22.2. The molecule has 3 rings (SSSR count). The molecule has 19 heteroatoms. The number of hydrogen-bond donors (Lipinski definition) is 12. The van der Waals surface area contributed by atoms with Crippen molar-refractivity contribution in [2.75, 3.05) is 26.4 Å². The van der Waals surface area contributed by atoms with Crippen molar-refractivity contribution in [3.63, 3.8) is 0 Å². The number of allylic oxidation sites excluding steroid dienone is 1. The van der Waals surface area contributed by atoms with Gasteiger partial charge < -0.3 is 89.9 Å². The first-order chi connectivity index (χ1) is 37.3. The van der Waals surface area contributed by atoms with Gasteiger partial charge in [0.1, 0.15) is 73.2 Å². The van der Waals surface area contributed by atoms with Gasteiger partial charge >= 0.3 is 0 Å². The SMILES string of the molecule is CCCCC/C=C/C(O)C(COC1OC(CO)C(OC2OC(CO)C(OC3OC(CO)C(O)C(O)C3O)C(O)C2O)C(O)C1O)NC(=O)CCCCCCCCCCCCCCCCCCCCCCCCCCCCC. The second kappa shape index (κ2) is 42.4. The minimum absolute atomic E-state index is 0.247. The van der Waals surface area contributed by atoms with Crippen LogP contribution in [0.4, 0.5) is 0 Å². The van der Waals surface area contributed by atoms with E-state index in [0.29, 0.717) is 6.42 Å². The lowest BCUT2D eigenvalue weighted by Crippen LogP contribution is -2.66. The Balaban J connectivity index is 1.34. The van der Waals surface area contributed by atoms with Crippen molar-refractivity contribution in [3.05, 3.63) is 12.2 Å². The average Bonchev–Trinajstić information content (AvgIpc) is 3.42. The maximum Gasteiger partial charge on any atom is 0.220 e. The maximum absolute atomic E-state index is 13.2. The molecule has 3 aliphatic heterocycles. The Morgan fingerprint density at radius 1 is 0.455 bits per heavy atom. The summed E-state index contributed by atoms with van der Waals surface area (Å²) in [6, 6.07) is -0.964. The summed E-state index contributed by atoms with van der Waals surface area (Å²) in [6.45, 7) is 1.61. The topological polar surface area (TPSA) is 307 Å². The molecular weight excluding hydrogens is 999 g/mol. The number of hydrogen-bond acceptors (Lipinski definition) is 18. The van der Waals surface area contributed by atoms with Crippen LogP contribution in [-0.4, -0.2) is 193 Å². The van der Waals surface area contributed by atoms with Gasteiger partial charge in [0.15, 0.2) is 18.9 Å². The number of carbonyl (C=O) groups is 1. The predicted octanol–water partition coefficient (Wildman–Crippen LogP) is 5.38. The summed E-state index contributed by atoms with van der Waals surface area (Å²) in [5.41, 5.74) is 0. The third kappa shape index (κ3) is 26.5. The molecule has 3 saturated heterocycles. The standard InChI is InChI=1S/C58H109NO18/c1-3-5-7-9-10-11-12-13-14-15-16-17-18-19-20-21-22-23-24-25-26-27-28-29-30-32-34-36-46(64)59-41(42(63)35-33-31-8-6-4-2)40-72-56-52(70)49(67)54(44(38-61)74-56)77-58-53(71)50(68)55(45(39-62)75-58)76-57-51(69)48(66)47(65)43(37-60)73-57/h33,35,41-45,47-58,60-63,65-71H,3-32,34,36-40H2,1-2H3,(H,59,64)/b35-33+. The molecule has 17 atom stereocenters. The summed E-state index contributed by atoms with van der Waals surface area (Å²) in [7, 11) is 0. The fourth-order valence-corrected chi connectivity index (χ4v) is 10.5. The molecule has 77 heavy (non-hydrogen) atoms. The smallest absolute Gasteiger partial charge is 0.220 e. The van der Waals surface area contributed by atoms with Crippen molar-refractivity contribution < 1.29 is 89.4 Å². The van der Waals surface area contributed by atoms with E-state index in [0.717, 1.165) is 44.9 Å². The normalized spacial score (nSPS) is 30.7. The summed E-state index contributed by atoms with van der Waals surface area (Å²) in [4.78, 5) is 13.2. The van der Waals surface area contributed by atoms with Gasteiger partial charge in [-0.05, 0) is 19.3 Å². The van der Waals surface area contributed by atoms with E-state index < -0.39 is 124 Å². The summed E-state index contributed by atoms with van der Waals surface area (Å²) < 4.78 is 34.1. The number of carbonyl (C=O) groups excluding carboxylic acids is 1. The molecule has 3 aliphatic rings. The van der Waals surface area contributed by atoms with Gasteiger partial charge in [-0.25, -0.2) is 0 Å². The third-order valence-electron chi connectivity index (χ3n) is 15.6. The monoisotopic (exact) mass is 1110 g/mol. The van der Waals surface area contributed by atoms with Crippen molar-refractivity contribution in [3.8, 4) is 0 Å². The lowest BCUT2D eigenvalue weighted by molar-refractivity contribution is -0.379. The van der Waals surface area contributed by atoms with Crippen LogP contribution in [-0.2, 0) is 33.2 Å². The van der Waals surface area contributed by atoms with Crippen LogP contribution in [0.2, 0.25) is 0 Å².